The van der Waals surface area contributed by atoms with Crippen LogP contribution in [0.5, 0.6) is 0 Å². The van der Waals surface area contributed by atoms with Crippen LogP contribution in [-0.4, -0.2) is 36.6 Å². The van der Waals surface area contributed by atoms with Gasteiger partial charge in [-0.2, -0.15) is 0 Å². The highest BCUT2D eigenvalue weighted by Crippen LogP contribution is 2.25. The van der Waals surface area contributed by atoms with Gasteiger partial charge in [0.25, 0.3) is 5.91 Å². The van der Waals surface area contributed by atoms with Crippen molar-refractivity contribution in [1.29, 1.82) is 0 Å². The Morgan fingerprint density at radius 2 is 2.00 bits per heavy atom. The summed E-state index contributed by atoms with van der Waals surface area (Å²) in [7, 11) is -3.24. The van der Waals surface area contributed by atoms with Gasteiger partial charge in [0.2, 0.25) is 0 Å². The van der Waals surface area contributed by atoms with Gasteiger partial charge in [-0.25, -0.2) is 17.8 Å². The normalized spacial score (nSPS) is 17.9. The molecule has 3 rings (SSSR count). The number of hydrogen-bond donors (Lipinski definition) is 2. The van der Waals surface area contributed by atoms with Crippen molar-refractivity contribution in [2.24, 2.45) is 0 Å². The van der Waals surface area contributed by atoms with Crippen molar-refractivity contribution in [3.63, 3.8) is 0 Å². The molecule has 1 atom stereocenters. The number of halogens is 1. The molecule has 1 aromatic heterocycles. The molecule has 0 unspecified atom stereocenters. The first kappa shape index (κ1) is 16.6. The number of carbonyl (C=O) groups is 1. The number of imidazole rings is 1. The third kappa shape index (κ3) is 3.48. The lowest BCUT2D eigenvalue weighted by Crippen LogP contribution is -2.26. The SMILES string of the molecule is CCS(=O)(=O)Cc1nc2c([nH]1)C[C@H](c1ccc(F)cc1)CNC2=O. The zero-order valence-electron chi connectivity index (χ0n) is 13.2. The van der Waals surface area contributed by atoms with E-state index in [1.54, 1.807) is 19.1 Å². The summed E-state index contributed by atoms with van der Waals surface area (Å²) in [6.45, 7) is 1.98. The van der Waals surface area contributed by atoms with Crippen molar-refractivity contribution in [3.05, 3.63) is 52.9 Å². The van der Waals surface area contributed by atoms with Crippen LogP contribution < -0.4 is 5.32 Å². The monoisotopic (exact) mass is 351 g/mol. The van der Waals surface area contributed by atoms with E-state index in [2.05, 4.69) is 15.3 Å². The van der Waals surface area contributed by atoms with Gasteiger partial charge in [0, 0.05) is 23.9 Å². The van der Waals surface area contributed by atoms with Crippen molar-refractivity contribution >= 4 is 15.7 Å². The van der Waals surface area contributed by atoms with Crippen LogP contribution in [0.4, 0.5) is 4.39 Å². The summed E-state index contributed by atoms with van der Waals surface area (Å²) in [6.07, 6.45) is 0.499. The molecule has 0 bridgehead atoms. The van der Waals surface area contributed by atoms with Crippen molar-refractivity contribution in [2.75, 3.05) is 12.3 Å². The Kier molecular flexibility index (Phi) is 4.40. The van der Waals surface area contributed by atoms with E-state index < -0.39 is 9.84 Å². The van der Waals surface area contributed by atoms with Crippen LogP contribution in [0.3, 0.4) is 0 Å². The highest BCUT2D eigenvalue weighted by atomic mass is 32.2. The zero-order valence-corrected chi connectivity index (χ0v) is 14.0. The maximum Gasteiger partial charge on any atom is 0.271 e. The quantitative estimate of drug-likeness (QED) is 0.874. The van der Waals surface area contributed by atoms with Gasteiger partial charge in [-0.3, -0.25) is 4.79 Å². The first-order chi connectivity index (χ1) is 11.4. The zero-order chi connectivity index (χ0) is 17.3. The minimum atomic E-state index is -3.24. The number of aromatic amines is 1. The third-order valence-electron chi connectivity index (χ3n) is 4.14. The Balaban J connectivity index is 1.89. The molecule has 2 aromatic rings. The van der Waals surface area contributed by atoms with Crippen LogP contribution in [-0.2, 0) is 22.0 Å². The van der Waals surface area contributed by atoms with Crippen molar-refractivity contribution < 1.29 is 17.6 Å². The number of fused-ring (bicyclic) bond motifs is 1. The highest BCUT2D eigenvalue weighted by molar-refractivity contribution is 7.90. The number of nitrogens with zero attached hydrogens (tertiary/aromatic N) is 1. The fourth-order valence-electron chi connectivity index (χ4n) is 2.77. The number of hydrogen-bond acceptors (Lipinski definition) is 4. The van der Waals surface area contributed by atoms with Crippen LogP contribution in [0.2, 0.25) is 0 Å². The molecule has 1 aromatic carbocycles. The largest absolute Gasteiger partial charge is 0.350 e. The van der Waals surface area contributed by atoms with E-state index in [-0.39, 0.29) is 40.7 Å². The summed E-state index contributed by atoms with van der Waals surface area (Å²) in [5.41, 5.74) is 1.75. The summed E-state index contributed by atoms with van der Waals surface area (Å²) in [6, 6.07) is 6.15. The number of benzene rings is 1. The lowest BCUT2D eigenvalue weighted by atomic mass is 9.94. The van der Waals surface area contributed by atoms with Gasteiger partial charge in [-0.1, -0.05) is 19.1 Å². The van der Waals surface area contributed by atoms with E-state index >= 15 is 0 Å². The maximum atomic E-state index is 13.1. The van der Waals surface area contributed by atoms with E-state index in [0.717, 1.165) is 5.56 Å². The molecule has 0 fully saturated rings. The lowest BCUT2D eigenvalue weighted by molar-refractivity contribution is 0.0950. The molecule has 24 heavy (non-hydrogen) atoms. The van der Waals surface area contributed by atoms with Gasteiger partial charge in [0.05, 0.1) is 0 Å². The fraction of sp³-hybridized carbons (Fsp3) is 0.375. The van der Waals surface area contributed by atoms with E-state index in [1.807, 2.05) is 0 Å². The minimum absolute atomic E-state index is 0.0166. The Morgan fingerprint density at radius 1 is 1.29 bits per heavy atom. The Morgan fingerprint density at radius 3 is 2.67 bits per heavy atom. The van der Waals surface area contributed by atoms with Gasteiger partial charge in [-0.15, -0.1) is 0 Å². The summed E-state index contributed by atoms with van der Waals surface area (Å²) in [5, 5.41) is 2.79. The van der Waals surface area contributed by atoms with Gasteiger partial charge in [0.1, 0.15) is 23.1 Å². The average molecular weight is 351 g/mol. The summed E-state index contributed by atoms with van der Waals surface area (Å²) < 4.78 is 36.6. The van der Waals surface area contributed by atoms with Gasteiger partial charge in [0.15, 0.2) is 9.84 Å². The standard InChI is InChI=1S/C16H18FN3O3S/c1-2-24(22,23)9-14-19-13-7-11(8-18-16(21)15(13)20-14)10-3-5-12(17)6-4-10/h3-6,11H,2,7-9H2,1H3,(H,18,21)(H,19,20)/t11-/m0/s1. The second-order valence-electron chi connectivity index (χ2n) is 5.85. The second-order valence-corrected chi connectivity index (χ2v) is 8.20. The molecule has 2 heterocycles. The van der Waals surface area contributed by atoms with E-state index in [0.29, 0.717) is 18.7 Å². The fourth-order valence-corrected chi connectivity index (χ4v) is 3.52. The van der Waals surface area contributed by atoms with E-state index in [1.165, 1.54) is 12.1 Å². The van der Waals surface area contributed by atoms with E-state index in [9.17, 15) is 17.6 Å². The molecule has 2 N–H and O–H groups in total. The van der Waals surface area contributed by atoms with Crippen LogP contribution in [0, 0.1) is 5.82 Å². The Hall–Kier alpha value is -2.22. The van der Waals surface area contributed by atoms with Gasteiger partial charge < -0.3 is 10.3 Å². The molecule has 8 heteroatoms. The molecule has 0 radical (unpaired) electrons. The summed E-state index contributed by atoms with van der Waals surface area (Å²) in [4.78, 5) is 19.3. The van der Waals surface area contributed by atoms with Crippen molar-refractivity contribution in [1.82, 2.24) is 15.3 Å². The molecule has 1 amide bonds. The first-order valence-electron chi connectivity index (χ1n) is 7.70. The molecule has 1 aliphatic rings. The van der Waals surface area contributed by atoms with Crippen LogP contribution in [0.15, 0.2) is 24.3 Å². The minimum Gasteiger partial charge on any atom is -0.350 e. The number of aromatic nitrogens is 2. The topological polar surface area (TPSA) is 91.9 Å². The lowest BCUT2D eigenvalue weighted by Gasteiger charge is -2.14. The van der Waals surface area contributed by atoms with E-state index in [4.69, 9.17) is 0 Å². The molecule has 0 saturated heterocycles. The second kappa shape index (κ2) is 6.35. The molecule has 1 aliphatic heterocycles. The Bertz CT molecular complexity index is 859. The first-order valence-corrected chi connectivity index (χ1v) is 9.52. The van der Waals surface area contributed by atoms with Crippen molar-refractivity contribution in [2.45, 2.75) is 25.0 Å². The average Bonchev–Trinajstić information content (AvgIpc) is 2.87. The molecule has 0 aliphatic carbocycles. The van der Waals surface area contributed by atoms with Gasteiger partial charge in [-0.05, 0) is 24.1 Å². The molecular weight excluding hydrogens is 333 g/mol. The van der Waals surface area contributed by atoms with Crippen LogP contribution >= 0.6 is 0 Å². The number of carbonyl (C=O) groups excluding carboxylic acids is 1. The highest BCUT2D eigenvalue weighted by Gasteiger charge is 2.27. The van der Waals surface area contributed by atoms with Gasteiger partial charge >= 0.3 is 0 Å². The number of sulfone groups is 1. The number of nitrogens with one attached hydrogen (secondary N) is 2. The third-order valence-corrected chi connectivity index (χ3v) is 5.73. The molecule has 128 valence electrons. The summed E-state index contributed by atoms with van der Waals surface area (Å²) >= 11 is 0. The summed E-state index contributed by atoms with van der Waals surface area (Å²) in [5.74, 6) is -0.603. The molecule has 0 saturated carbocycles. The number of rotatable bonds is 4. The number of H-pyrrole nitrogens is 1. The molecule has 0 spiro atoms. The van der Waals surface area contributed by atoms with Crippen LogP contribution in [0.25, 0.3) is 0 Å². The molecular formula is C16H18FN3O3S. The van der Waals surface area contributed by atoms with Crippen molar-refractivity contribution in [3.8, 4) is 0 Å². The Labute approximate surface area is 139 Å². The maximum absolute atomic E-state index is 13.1. The smallest absolute Gasteiger partial charge is 0.271 e. The predicted octanol–water partition coefficient (Wildman–Crippen LogP) is 1.55. The van der Waals surface area contributed by atoms with Crippen LogP contribution in [0.1, 0.15) is 40.4 Å². The number of amides is 1. The molecule has 6 nitrogen and oxygen atoms in total. The predicted molar refractivity (Wildman–Crippen MR) is 86.9 cm³/mol.